The van der Waals surface area contributed by atoms with Crippen molar-refractivity contribution in [2.24, 2.45) is 0 Å². The molecule has 24 heavy (non-hydrogen) atoms. The zero-order valence-corrected chi connectivity index (χ0v) is 12.6. The molecule has 4 heteroatoms. The van der Waals surface area contributed by atoms with Gasteiger partial charge in [-0.3, -0.25) is 4.79 Å². The smallest absolute Gasteiger partial charge is 0.150 e. The largest absolute Gasteiger partial charge is 0.464 e. The Labute approximate surface area is 136 Å². The van der Waals surface area contributed by atoms with E-state index in [9.17, 15) is 4.79 Å². The number of carbonyl (C=O) groups excluding carboxylic acids is 1. The van der Waals surface area contributed by atoms with Gasteiger partial charge in [-0.05, 0) is 6.07 Å². The highest BCUT2D eigenvalue weighted by atomic mass is 16.3. The SMILES string of the molecule is O=Cc1ccc(-c2nc3c4ccoc4c4ccccc4c3[nH]2)cc1. The van der Waals surface area contributed by atoms with Crippen LogP contribution in [0.1, 0.15) is 10.4 Å². The maximum atomic E-state index is 10.8. The number of rotatable bonds is 2. The van der Waals surface area contributed by atoms with Crippen molar-refractivity contribution < 1.29 is 9.21 Å². The Morgan fingerprint density at radius 1 is 0.917 bits per heavy atom. The van der Waals surface area contributed by atoms with E-state index in [2.05, 4.69) is 17.1 Å². The third-order valence-electron chi connectivity index (χ3n) is 4.39. The minimum Gasteiger partial charge on any atom is -0.464 e. The van der Waals surface area contributed by atoms with Crippen LogP contribution in [0, 0.1) is 0 Å². The van der Waals surface area contributed by atoms with Crippen molar-refractivity contribution in [1.29, 1.82) is 0 Å². The summed E-state index contributed by atoms with van der Waals surface area (Å²) < 4.78 is 5.69. The Kier molecular flexibility index (Phi) is 2.61. The van der Waals surface area contributed by atoms with Crippen LogP contribution in [-0.4, -0.2) is 16.3 Å². The summed E-state index contributed by atoms with van der Waals surface area (Å²) in [5, 5.41) is 3.14. The van der Waals surface area contributed by atoms with Crippen molar-refractivity contribution in [2.45, 2.75) is 0 Å². The van der Waals surface area contributed by atoms with Crippen LogP contribution in [0.4, 0.5) is 0 Å². The van der Waals surface area contributed by atoms with E-state index in [1.165, 1.54) is 0 Å². The van der Waals surface area contributed by atoms with E-state index in [1.807, 2.05) is 30.3 Å². The Hall–Kier alpha value is -3.40. The number of nitrogens with one attached hydrogen (secondary N) is 1. The van der Waals surface area contributed by atoms with Crippen LogP contribution < -0.4 is 0 Å². The molecule has 1 N–H and O–H groups in total. The van der Waals surface area contributed by atoms with Gasteiger partial charge in [-0.15, -0.1) is 0 Å². The summed E-state index contributed by atoms with van der Waals surface area (Å²) in [6, 6.07) is 17.5. The standard InChI is InChI=1S/C20H12N2O2/c23-11-12-5-7-13(8-6-12)20-21-17-14-3-1-2-4-15(14)19-16(9-10-24-19)18(17)22-20/h1-11H,(H,21,22). The molecule has 0 unspecified atom stereocenters. The Balaban J connectivity index is 1.86. The summed E-state index contributed by atoms with van der Waals surface area (Å²) in [4.78, 5) is 19.0. The summed E-state index contributed by atoms with van der Waals surface area (Å²) in [5.41, 5.74) is 4.34. The van der Waals surface area contributed by atoms with E-state index < -0.39 is 0 Å². The lowest BCUT2D eigenvalue weighted by Crippen LogP contribution is -1.82. The number of imidazole rings is 1. The van der Waals surface area contributed by atoms with E-state index in [1.54, 1.807) is 18.4 Å². The molecule has 0 bridgehead atoms. The van der Waals surface area contributed by atoms with E-state index >= 15 is 0 Å². The first-order valence-electron chi connectivity index (χ1n) is 7.68. The van der Waals surface area contributed by atoms with Gasteiger partial charge in [0.05, 0.1) is 11.8 Å². The molecular formula is C20H12N2O2. The van der Waals surface area contributed by atoms with Crippen molar-refractivity contribution in [3.63, 3.8) is 0 Å². The molecule has 0 saturated carbocycles. The lowest BCUT2D eigenvalue weighted by atomic mass is 10.1. The molecule has 3 aromatic carbocycles. The van der Waals surface area contributed by atoms with Crippen LogP contribution in [0.2, 0.25) is 0 Å². The fourth-order valence-corrected chi connectivity index (χ4v) is 3.22. The molecular weight excluding hydrogens is 300 g/mol. The number of furan rings is 1. The third kappa shape index (κ3) is 1.74. The van der Waals surface area contributed by atoms with Gasteiger partial charge in [0.25, 0.3) is 0 Å². The second-order valence-corrected chi connectivity index (χ2v) is 5.76. The minimum atomic E-state index is 0.650. The van der Waals surface area contributed by atoms with Gasteiger partial charge < -0.3 is 9.40 Å². The third-order valence-corrected chi connectivity index (χ3v) is 4.39. The van der Waals surface area contributed by atoms with Gasteiger partial charge in [0.1, 0.15) is 23.2 Å². The molecule has 0 radical (unpaired) electrons. The van der Waals surface area contributed by atoms with Gasteiger partial charge in [0, 0.05) is 27.3 Å². The molecule has 0 aliphatic carbocycles. The average molecular weight is 312 g/mol. The van der Waals surface area contributed by atoms with Gasteiger partial charge in [-0.25, -0.2) is 4.98 Å². The lowest BCUT2D eigenvalue weighted by molar-refractivity contribution is 0.112. The highest BCUT2D eigenvalue weighted by molar-refractivity contribution is 6.21. The molecule has 0 aliphatic rings. The molecule has 114 valence electrons. The number of hydrogen-bond donors (Lipinski definition) is 1. The summed E-state index contributed by atoms with van der Waals surface area (Å²) in [6.45, 7) is 0. The molecule has 0 aliphatic heterocycles. The molecule has 2 heterocycles. The molecule has 5 rings (SSSR count). The molecule has 0 atom stereocenters. The first-order valence-corrected chi connectivity index (χ1v) is 7.68. The zero-order chi connectivity index (χ0) is 16.1. The van der Waals surface area contributed by atoms with Gasteiger partial charge >= 0.3 is 0 Å². The molecule has 0 spiro atoms. The fourth-order valence-electron chi connectivity index (χ4n) is 3.22. The van der Waals surface area contributed by atoms with Gasteiger partial charge in [0.15, 0.2) is 0 Å². The number of H-pyrrole nitrogens is 1. The molecule has 0 saturated heterocycles. The van der Waals surface area contributed by atoms with E-state index in [4.69, 9.17) is 9.40 Å². The fraction of sp³-hybridized carbons (Fsp3) is 0. The van der Waals surface area contributed by atoms with Crippen molar-refractivity contribution >= 4 is 39.1 Å². The van der Waals surface area contributed by atoms with Gasteiger partial charge in [0.2, 0.25) is 0 Å². The molecule has 0 fully saturated rings. The highest BCUT2D eigenvalue weighted by Crippen LogP contribution is 2.35. The number of fused-ring (bicyclic) bond motifs is 6. The number of benzene rings is 3. The lowest BCUT2D eigenvalue weighted by Gasteiger charge is -2.00. The van der Waals surface area contributed by atoms with Crippen LogP contribution in [0.3, 0.4) is 0 Å². The number of aromatic amines is 1. The summed E-state index contributed by atoms with van der Waals surface area (Å²) >= 11 is 0. The molecule has 0 amide bonds. The predicted octanol–water partition coefficient (Wildman–Crippen LogP) is 4.94. The van der Waals surface area contributed by atoms with Crippen LogP contribution >= 0.6 is 0 Å². The zero-order valence-electron chi connectivity index (χ0n) is 12.6. The number of aromatic nitrogens is 2. The normalized spacial score (nSPS) is 11.5. The molecule has 4 nitrogen and oxygen atoms in total. The quantitative estimate of drug-likeness (QED) is 0.470. The van der Waals surface area contributed by atoms with Gasteiger partial charge in [-0.1, -0.05) is 48.5 Å². The van der Waals surface area contributed by atoms with E-state index in [-0.39, 0.29) is 0 Å². The maximum absolute atomic E-state index is 10.8. The Morgan fingerprint density at radius 3 is 2.50 bits per heavy atom. The number of aldehydes is 1. The average Bonchev–Trinajstić information content (AvgIpc) is 3.29. The van der Waals surface area contributed by atoms with Crippen molar-refractivity contribution in [2.75, 3.05) is 0 Å². The molecule has 2 aromatic heterocycles. The highest BCUT2D eigenvalue weighted by Gasteiger charge is 2.15. The summed E-state index contributed by atoms with van der Waals surface area (Å²) in [5.74, 6) is 0.779. The van der Waals surface area contributed by atoms with Crippen LogP contribution in [-0.2, 0) is 0 Å². The van der Waals surface area contributed by atoms with Gasteiger partial charge in [-0.2, -0.15) is 0 Å². The van der Waals surface area contributed by atoms with Crippen molar-refractivity contribution in [3.05, 3.63) is 66.4 Å². The van der Waals surface area contributed by atoms with Crippen LogP contribution in [0.15, 0.2) is 65.3 Å². The Morgan fingerprint density at radius 2 is 1.71 bits per heavy atom. The monoisotopic (exact) mass is 312 g/mol. The maximum Gasteiger partial charge on any atom is 0.150 e. The van der Waals surface area contributed by atoms with Crippen LogP contribution in [0.5, 0.6) is 0 Å². The number of hydrogen-bond acceptors (Lipinski definition) is 3. The van der Waals surface area contributed by atoms with Crippen molar-refractivity contribution in [1.82, 2.24) is 9.97 Å². The second kappa shape index (κ2) is 4.80. The predicted molar refractivity (Wildman–Crippen MR) is 94.2 cm³/mol. The van der Waals surface area contributed by atoms with Crippen LogP contribution in [0.25, 0.3) is 44.2 Å². The summed E-state index contributed by atoms with van der Waals surface area (Å²) in [7, 11) is 0. The summed E-state index contributed by atoms with van der Waals surface area (Å²) in [6.07, 6.45) is 2.54. The number of carbonyl (C=O) groups is 1. The Bertz CT molecular complexity index is 1210. The first kappa shape index (κ1) is 13.1. The van der Waals surface area contributed by atoms with Crippen molar-refractivity contribution in [3.8, 4) is 11.4 Å². The van der Waals surface area contributed by atoms with E-state index in [0.29, 0.717) is 5.56 Å². The second-order valence-electron chi connectivity index (χ2n) is 5.76. The van der Waals surface area contributed by atoms with E-state index in [0.717, 1.165) is 50.4 Å². The first-order chi connectivity index (χ1) is 11.8. The number of nitrogens with zero attached hydrogens (tertiary/aromatic N) is 1. The topological polar surface area (TPSA) is 58.9 Å². The molecule has 5 aromatic rings. The minimum absolute atomic E-state index is 0.650.